The van der Waals surface area contributed by atoms with Gasteiger partial charge in [0, 0.05) is 12.5 Å². The van der Waals surface area contributed by atoms with Gasteiger partial charge in [0.25, 0.3) is 0 Å². The third-order valence-electron chi connectivity index (χ3n) is 12.0. The van der Waals surface area contributed by atoms with Crippen LogP contribution in [0.2, 0.25) is 0 Å². The topological polar surface area (TPSA) is 271 Å². The summed E-state index contributed by atoms with van der Waals surface area (Å²) >= 11 is 0. The first-order valence-corrected chi connectivity index (χ1v) is 28.5. The summed E-state index contributed by atoms with van der Waals surface area (Å²) in [6.45, 7) is 2.97. The number of alkyl carbamates (subject to hydrolysis) is 1. The Balaban J connectivity index is 0.841. The van der Waals surface area contributed by atoms with Crippen molar-refractivity contribution in [1.82, 2.24) is 30.2 Å². The maximum atomic E-state index is 13.4. The molecule has 2 aromatic heterocycles. The fourth-order valence-electron chi connectivity index (χ4n) is 8.23. The number of aromatic nitrogens is 4. The maximum absolute atomic E-state index is 13.4. The molecule has 0 bridgehead atoms. The van der Waals surface area contributed by atoms with Crippen LogP contribution in [0.4, 0.5) is 10.6 Å². The molecule has 5 aromatic rings. The second-order valence-electron chi connectivity index (χ2n) is 17.1. The summed E-state index contributed by atoms with van der Waals surface area (Å²) in [5, 5.41) is 37.9. The standard InChI is InChI=1S/C50H63N8O12PS2/c1-2-3-22-52-43(60)19-20-45(61)65-23-9-26-72-73-27-10-25-68-71(64,67-24-8-21-51)70-41-28-44(69-42(41)30-59)58-33-56-46-47(54-32-55-48(46)58)57-49(62)35-17-15-34(16-18-35)29-53-50(63)66-31-40-38-13-6-4-11-36(38)37-12-5-7-14-39(37)40/h4-7,11-18,32-33,40-44,52,59-60,64,71H,2-3,8-10,19-20,22-31H2,1H3,(H,53,63)(H,54,55,57,62)/t41?,42-,43?,44?/m1/s1. The van der Waals surface area contributed by atoms with Crippen LogP contribution in [-0.2, 0) is 39.1 Å². The number of hydrogen-bond acceptors (Lipinski definition) is 19. The number of aliphatic hydroxyl groups is 2. The fraction of sp³-hybridized carbons (Fsp3) is 0.460. The molecule has 0 saturated carbocycles. The Morgan fingerprint density at radius 3 is 2.36 bits per heavy atom. The molecule has 392 valence electrons. The Morgan fingerprint density at radius 1 is 0.932 bits per heavy atom. The van der Waals surface area contributed by atoms with Crippen molar-refractivity contribution in [3.63, 3.8) is 0 Å². The molecule has 1 saturated heterocycles. The van der Waals surface area contributed by atoms with Crippen molar-refractivity contribution in [3.05, 3.63) is 108 Å². The molecular weight excluding hydrogens is 1000 g/mol. The van der Waals surface area contributed by atoms with Gasteiger partial charge in [-0.25, -0.2) is 4.79 Å². The van der Waals surface area contributed by atoms with Crippen LogP contribution in [0, 0.1) is 11.3 Å². The number of nitrogens with zero attached hydrogens (tertiary/aromatic N) is 5. The van der Waals surface area contributed by atoms with Gasteiger partial charge in [0.2, 0.25) is 0 Å². The van der Waals surface area contributed by atoms with E-state index in [0.717, 1.165) is 46.4 Å². The van der Waals surface area contributed by atoms with Crippen molar-refractivity contribution < 1.29 is 57.3 Å². The van der Waals surface area contributed by atoms with Crippen molar-refractivity contribution in [3.8, 4) is 17.2 Å². The summed E-state index contributed by atoms with van der Waals surface area (Å²) in [4.78, 5) is 62.8. The van der Waals surface area contributed by atoms with E-state index in [1.165, 1.54) is 12.7 Å². The number of imidazole rings is 1. The first-order valence-electron chi connectivity index (χ1n) is 24.4. The van der Waals surface area contributed by atoms with E-state index >= 15 is 0 Å². The summed E-state index contributed by atoms with van der Waals surface area (Å²) in [5.41, 5.74) is 6.24. The monoisotopic (exact) mass is 1060 g/mol. The van der Waals surface area contributed by atoms with E-state index in [1.54, 1.807) is 50.4 Å². The molecule has 73 heavy (non-hydrogen) atoms. The van der Waals surface area contributed by atoms with Gasteiger partial charge in [0.05, 0.1) is 0 Å². The second kappa shape index (κ2) is 28.4. The molecule has 7 rings (SSSR count). The Bertz CT molecular complexity index is 2580. The SMILES string of the molecule is CCCCNC(O)CCC(=O)OCCCSSCCCO[PH](O)(OCCC#N)OC1CC(n2cnc3c(NC(=O)c4ccc(CNC(=O)OCC5c6ccccc6-c6ccccc65)cc4)ncnc32)O[C@@H]1CO. The van der Waals surface area contributed by atoms with Gasteiger partial charge in [-0.2, -0.15) is 0 Å². The van der Waals surface area contributed by atoms with Crippen LogP contribution in [0.25, 0.3) is 22.3 Å². The van der Waals surface area contributed by atoms with E-state index in [1.807, 2.05) is 30.3 Å². The summed E-state index contributed by atoms with van der Waals surface area (Å²) in [6.07, 6.45) is 2.71. The first kappa shape index (κ1) is 55.5. The minimum absolute atomic E-state index is 0.0105. The van der Waals surface area contributed by atoms with E-state index < -0.39 is 51.4 Å². The number of ether oxygens (including phenoxy) is 3. The third-order valence-corrected chi connectivity index (χ3v) is 16.3. The average molecular weight is 1060 g/mol. The van der Waals surface area contributed by atoms with Crippen LogP contribution in [0.5, 0.6) is 0 Å². The number of benzene rings is 3. The zero-order chi connectivity index (χ0) is 51.4. The van der Waals surface area contributed by atoms with Crippen molar-refractivity contribution in [2.45, 2.75) is 95.4 Å². The molecule has 0 spiro atoms. The Kier molecular flexibility index (Phi) is 21.6. The molecule has 3 unspecified atom stereocenters. The molecule has 2 aliphatic rings. The number of nitrogens with one attached hydrogen (secondary N) is 3. The molecular formula is C50H63N8O12PS2. The molecule has 23 heteroatoms. The number of carbonyl (C=O) groups is 3. The predicted molar refractivity (Wildman–Crippen MR) is 278 cm³/mol. The number of anilines is 1. The fourth-order valence-corrected chi connectivity index (χ4v) is 12.0. The van der Waals surface area contributed by atoms with Crippen molar-refractivity contribution in [1.29, 1.82) is 5.26 Å². The normalized spacial score (nSPS) is 16.9. The molecule has 6 N–H and O–H groups in total. The zero-order valence-electron chi connectivity index (χ0n) is 40.6. The van der Waals surface area contributed by atoms with E-state index in [-0.39, 0.29) is 68.8 Å². The molecule has 2 amide bonds. The van der Waals surface area contributed by atoms with Crippen molar-refractivity contribution in [2.75, 3.05) is 56.4 Å². The van der Waals surface area contributed by atoms with Crippen LogP contribution < -0.4 is 16.0 Å². The summed E-state index contributed by atoms with van der Waals surface area (Å²) in [6, 6.07) is 25.0. The molecule has 20 nitrogen and oxygen atoms in total. The number of esters is 1. The van der Waals surface area contributed by atoms with Crippen molar-refractivity contribution >= 4 is 64.7 Å². The van der Waals surface area contributed by atoms with Crippen LogP contribution in [0.1, 0.15) is 97.5 Å². The Hall–Kier alpha value is -5.28. The second-order valence-corrected chi connectivity index (χ2v) is 21.7. The van der Waals surface area contributed by atoms with E-state index in [9.17, 15) is 29.5 Å². The van der Waals surface area contributed by atoms with E-state index in [4.69, 9.17) is 33.0 Å². The molecule has 3 aromatic carbocycles. The number of amides is 2. The summed E-state index contributed by atoms with van der Waals surface area (Å²) in [7, 11) is -1.12. The molecule has 0 radical (unpaired) electrons. The Morgan fingerprint density at radius 2 is 1.64 bits per heavy atom. The van der Waals surface area contributed by atoms with E-state index in [2.05, 4.69) is 62.1 Å². The van der Waals surface area contributed by atoms with E-state index in [0.29, 0.717) is 49.4 Å². The summed E-state index contributed by atoms with van der Waals surface area (Å²) < 4.78 is 36.3. The van der Waals surface area contributed by atoms with Gasteiger partial charge in [-0.15, -0.1) is 0 Å². The van der Waals surface area contributed by atoms with Gasteiger partial charge in [-0.05, 0) is 47.2 Å². The van der Waals surface area contributed by atoms with Gasteiger partial charge in [0.15, 0.2) is 0 Å². The van der Waals surface area contributed by atoms with Gasteiger partial charge in [-0.3, -0.25) is 5.32 Å². The number of unbranched alkanes of at least 4 members (excludes halogenated alkanes) is 1. The average Bonchev–Trinajstić information content (AvgIpc) is 4.11. The van der Waals surface area contributed by atoms with Crippen LogP contribution in [0.15, 0.2) is 85.5 Å². The van der Waals surface area contributed by atoms with Crippen LogP contribution in [-0.4, -0.2) is 122 Å². The van der Waals surface area contributed by atoms with Gasteiger partial charge >= 0.3 is 262 Å². The van der Waals surface area contributed by atoms with Gasteiger partial charge < -0.3 is 15.2 Å². The number of fused-ring (bicyclic) bond motifs is 4. The van der Waals surface area contributed by atoms with Crippen LogP contribution in [0.3, 0.4) is 0 Å². The zero-order valence-corrected chi connectivity index (χ0v) is 43.2. The molecule has 1 aliphatic carbocycles. The minimum atomic E-state index is -4.35. The van der Waals surface area contributed by atoms with Gasteiger partial charge in [0.1, 0.15) is 12.8 Å². The first-order chi connectivity index (χ1) is 35.6. The molecule has 4 atom stereocenters. The number of carbonyl (C=O) groups excluding carboxylic acids is 3. The molecule has 1 fully saturated rings. The Labute approximate surface area is 432 Å². The number of nitriles is 1. The number of aliphatic hydroxyl groups excluding tert-OH is 2. The number of hydrogen-bond donors (Lipinski definition) is 6. The van der Waals surface area contributed by atoms with Crippen LogP contribution >= 0.6 is 29.8 Å². The van der Waals surface area contributed by atoms with Gasteiger partial charge in [-0.1, -0.05) is 74.0 Å². The number of rotatable bonds is 30. The molecule has 1 aliphatic heterocycles. The predicted octanol–water partition coefficient (Wildman–Crippen LogP) is 7.32. The molecule has 3 heterocycles. The quantitative estimate of drug-likeness (QED) is 0.00864. The third kappa shape index (κ3) is 15.9. The summed E-state index contributed by atoms with van der Waals surface area (Å²) in [5.74, 6) is 0.735. The van der Waals surface area contributed by atoms with Crippen molar-refractivity contribution in [2.24, 2.45) is 0 Å².